The average molecular weight is 325 g/mol. The van der Waals surface area contributed by atoms with Crippen molar-refractivity contribution < 1.29 is 4.74 Å². The van der Waals surface area contributed by atoms with E-state index in [4.69, 9.17) is 4.74 Å². The van der Waals surface area contributed by atoms with Crippen LogP contribution in [0.5, 0.6) is 0 Å². The molecular formula is C23H32O. The van der Waals surface area contributed by atoms with Gasteiger partial charge in [0, 0.05) is 5.92 Å². The molecule has 0 amide bonds. The first-order valence-corrected chi connectivity index (χ1v) is 9.08. The molecule has 0 heterocycles. The third kappa shape index (κ3) is 5.49. The van der Waals surface area contributed by atoms with Gasteiger partial charge in [0.25, 0.3) is 0 Å². The van der Waals surface area contributed by atoms with Gasteiger partial charge in [-0.05, 0) is 44.6 Å². The third-order valence-electron chi connectivity index (χ3n) is 5.01. The molecule has 0 bridgehead atoms. The van der Waals surface area contributed by atoms with Crippen LogP contribution in [0, 0.1) is 18.3 Å². The van der Waals surface area contributed by atoms with Crippen LogP contribution in [-0.2, 0) is 4.74 Å². The lowest BCUT2D eigenvalue weighted by molar-refractivity contribution is 0.122. The molecule has 2 unspecified atom stereocenters. The maximum atomic E-state index is 5.89. The summed E-state index contributed by atoms with van der Waals surface area (Å²) in [6.45, 7) is 11.9. The minimum absolute atomic E-state index is 0.137. The summed E-state index contributed by atoms with van der Waals surface area (Å²) in [4.78, 5) is 0. The molecule has 1 aliphatic rings. The maximum Gasteiger partial charge on any atom is 0.0732 e. The van der Waals surface area contributed by atoms with Crippen molar-refractivity contribution in [3.05, 3.63) is 65.3 Å². The minimum Gasteiger partial charge on any atom is -0.370 e. The van der Waals surface area contributed by atoms with E-state index in [1.54, 1.807) is 0 Å². The third-order valence-corrected chi connectivity index (χ3v) is 5.01. The highest BCUT2D eigenvalue weighted by Gasteiger charge is 2.30. The number of hydrogen-bond donors (Lipinski definition) is 0. The molecule has 0 fully saturated rings. The molecular weight excluding hydrogens is 292 g/mol. The van der Waals surface area contributed by atoms with Gasteiger partial charge in [0.2, 0.25) is 0 Å². The predicted molar refractivity (Wildman–Crippen MR) is 105 cm³/mol. The molecule has 0 saturated carbocycles. The summed E-state index contributed by atoms with van der Waals surface area (Å²) < 4.78 is 5.89. The van der Waals surface area contributed by atoms with Crippen LogP contribution < -0.4 is 0 Å². The molecule has 130 valence electrons. The molecule has 1 aromatic rings. The molecule has 1 nitrogen and oxygen atoms in total. The van der Waals surface area contributed by atoms with E-state index in [0.717, 1.165) is 0 Å². The second kappa shape index (κ2) is 8.48. The Morgan fingerprint density at radius 1 is 1.21 bits per heavy atom. The van der Waals surface area contributed by atoms with E-state index < -0.39 is 0 Å². The average Bonchev–Trinajstić information content (AvgIpc) is 2.52. The molecule has 1 aromatic carbocycles. The zero-order valence-corrected chi connectivity index (χ0v) is 15.9. The smallest absolute Gasteiger partial charge is 0.0732 e. The Balaban J connectivity index is 1.82. The summed E-state index contributed by atoms with van der Waals surface area (Å²) in [6, 6.07) is 8.53. The Kier molecular flexibility index (Phi) is 6.62. The number of benzene rings is 1. The molecule has 1 aliphatic carbocycles. The van der Waals surface area contributed by atoms with Gasteiger partial charge in [0.15, 0.2) is 0 Å². The number of ether oxygens (including phenoxy) is 1. The standard InChI is InChI=1S/C23H32O/c1-18-10-13-21(14-11-18)9-7-17-24-20(3)12-15-22-19(2)8-6-16-23(22,4)5/h7-15,20,22H,6,16-17H2,1-5H3/b9-7+,15-12+. The van der Waals surface area contributed by atoms with Crippen molar-refractivity contribution in [3.8, 4) is 0 Å². The maximum absolute atomic E-state index is 5.89. The van der Waals surface area contributed by atoms with Gasteiger partial charge in [-0.2, -0.15) is 0 Å². The predicted octanol–water partition coefficient (Wildman–Crippen LogP) is 6.35. The number of allylic oxidation sites excluding steroid dienone is 3. The second-order valence-corrected chi connectivity index (χ2v) is 7.69. The van der Waals surface area contributed by atoms with Gasteiger partial charge >= 0.3 is 0 Å². The van der Waals surface area contributed by atoms with Crippen molar-refractivity contribution in [2.75, 3.05) is 6.61 Å². The molecule has 0 radical (unpaired) electrons. The molecule has 0 aromatic heterocycles. The van der Waals surface area contributed by atoms with Gasteiger partial charge in [-0.1, -0.05) is 79.6 Å². The number of aryl methyl sites for hydroxylation is 1. The Bertz CT molecular complexity index is 601. The van der Waals surface area contributed by atoms with Gasteiger partial charge in [0.1, 0.15) is 0 Å². The highest BCUT2D eigenvalue weighted by molar-refractivity contribution is 5.49. The van der Waals surface area contributed by atoms with Crippen molar-refractivity contribution in [3.63, 3.8) is 0 Å². The van der Waals surface area contributed by atoms with Crippen molar-refractivity contribution in [2.24, 2.45) is 11.3 Å². The fourth-order valence-electron chi connectivity index (χ4n) is 3.38. The second-order valence-electron chi connectivity index (χ2n) is 7.69. The molecule has 0 N–H and O–H groups in total. The molecule has 0 spiro atoms. The Morgan fingerprint density at radius 2 is 1.92 bits per heavy atom. The van der Waals surface area contributed by atoms with Crippen LogP contribution in [0.25, 0.3) is 6.08 Å². The van der Waals surface area contributed by atoms with Crippen LogP contribution in [0.1, 0.15) is 51.7 Å². The Labute approximate surface area is 148 Å². The van der Waals surface area contributed by atoms with E-state index >= 15 is 0 Å². The van der Waals surface area contributed by atoms with E-state index in [1.165, 1.54) is 29.5 Å². The summed E-state index contributed by atoms with van der Waals surface area (Å²) >= 11 is 0. The first-order valence-electron chi connectivity index (χ1n) is 9.08. The fraction of sp³-hybridized carbons (Fsp3) is 0.478. The van der Waals surface area contributed by atoms with Crippen LogP contribution >= 0.6 is 0 Å². The van der Waals surface area contributed by atoms with Crippen molar-refractivity contribution in [2.45, 2.75) is 53.6 Å². The van der Waals surface area contributed by atoms with Crippen LogP contribution in [0.4, 0.5) is 0 Å². The lowest BCUT2D eigenvalue weighted by Crippen LogP contribution is -2.26. The quantitative estimate of drug-likeness (QED) is 0.554. The van der Waals surface area contributed by atoms with Crippen molar-refractivity contribution in [1.29, 1.82) is 0 Å². The zero-order chi connectivity index (χ0) is 17.6. The number of rotatable bonds is 6. The normalized spacial score (nSPS) is 22.0. The highest BCUT2D eigenvalue weighted by Crippen LogP contribution is 2.41. The summed E-state index contributed by atoms with van der Waals surface area (Å²) in [5.74, 6) is 0.528. The van der Waals surface area contributed by atoms with Crippen LogP contribution in [-0.4, -0.2) is 12.7 Å². The van der Waals surface area contributed by atoms with E-state index in [0.29, 0.717) is 17.9 Å². The van der Waals surface area contributed by atoms with E-state index in [2.05, 4.69) is 89.3 Å². The monoisotopic (exact) mass is 324 g/mol. The summed E-state index contributed by atoms with van der Waals surface area (Å²) in [5.41, 5.74) is 4.35. The lowest BCUT2D eigenvalue weighted by atomic mass is 9.68. The molecule has 2 atom stereocenters. The first-order chi connectivity index (χ1) is 11.4. The van der Waals surface area contributed by atoms with Gasteiger partial charge in [0.05, 0.1) is 12.7 Å². The fourth-order valence-corrected chi connectivity index (χ4v) is 3.38. The number of hydrogen-bond acceptors (Lipinski definition) is 1. The zero-order valence-electron chi connectivity index (χ0n) is 15.9. The van der Waals surface area contributed by atoms with E-state index in [-0.39, 0.29) is 6.10 Å². The van der Waals surface area contributed by atoms with Crippen molar-refractivity contribution >= 4 is 6.08 Å². The van der Waals surface area contributed by atoms with Crippen LogP contribution in [0.15, 0.2) is 54.1 Å². The van der Waals surface area contributed by atoms with Crippen LogP contribution in [0.3, 0.4) is 0 Å². The topological polar surface area (TPSA) is 9.23 Å². The lowest BCUT2D eigenvalue weighted by Gasteiger charge is -2.36. The molecule has 0 aliphatic heterocycles. The van der Waals surface area contributed by atoms with Gasteiger partial charge in [-0.3, -0.25) is 0 Å². The molecule has 2 rings (SSSR count). The van der Waals surface area contributed by atoms with Gasteiger partial charge < -0.3 is 4.74 Å². The Hall–Kier alpha value is -1.60. The SMILES string of the molecule is CC1=CCCC(C)(C)C1/C=C/C(C)OC/C=C/c1ccc(C)cc1. The van der Waals surface area contributed by atoms with E-state index in [9.17, 15) is 0 Å². The van der Waals surface area contributed by atoms with Gasteiger partial charge in [-0.15, -0.1) is 0 Å². The summed E-state index contributed by atoms with van der Waals surface area (Å²) in [5, 5.41) is 0. The summed E-state index contributed by atoms with van der Waals surface area (Å²) in [7, 11) is 0. The first kappa shape index (κ1) is 18.7. The molecule has 24 heavy (non-hydrogen) atoms. The highest BCUT2D eigenvalue weighted by atomic mass is 16.5. The minimum atomic E-state index is 0.137. The Morgan fingerprint density at radius 3 is 2.58 bits per heavy atom. The molecule has 1 heteroatoms. The van der Waals surface area contributed by atoms with E-state index in [1.807, 2.05) is 0 Å². The molecule has 0 saturated heterocycles. The van der Waals surface area contributed by atoms with Gasteiger partial charge in [-0.25, -0.2) is 0 Å². The van der Waals surface area contributed by atoms with Crippen LogP contribution in [0.2, 0.25) is 0 Å². The largest absolute Gasteiger partial charge is 0.370 e. The van der Waals surface area contributed by atoms with Crippen molar-refractivity contribution in [1.82, 2.24) is 0 Å². The summed E-state index contributed by atoms with van der Waals surface area (Å²) in [6.07, 6.45) is 13.8.